The predicted octanol–water partition coefficient (Wildman–Crippen LogP) is 0.220. The number of rotatable bonds is 1. The first kappa shape index (κ1) is 11.0. The maximum Gasteiger partial charge on any atom is 0.224 e. The summed E-state index contributed by atoms with van der Waals surface area (Å²) < 4.78 is 11.0. The molecule has 3 heterocycles. The third-order valence-electron chi connectivity index (χ3n) is 2.96. The first-order chi connectivity index (χ1) is 8.29. The lowest BCUT2D eigenvalue weighted by Gasteiger charge is -2.40. The van der Waals surface area contributed by atoms with Crippen LogP contribution in [0.3, 0.4) is 0 Å². The lowest BCUT2D eigenvalue weighted by Crippen LogP contribution is -2.51. The second kappa shape index (κ2) is 4.29. The second-order valence-electron chi connectivity index (χ2n) is 3.98. The van der Waals surface area contributed by atoms with Crippen molar-refractivity contribution in [2.75, 3.05) is 31.3 Å². The number of aliphatic hydroxyl groups is 1. The van der Waals surface area contributed by atoms with Crippen LogP contribution >= 0.6 is 11.6 Å². The molecule has 0 unspecified atom stereocenters. The molecular formula is C10H12ClN3O3. The van der Waals surface area contributed by atoms with Crippen molar-refractivity contribution in [1.82, 2.24) is 9.97 Å². The highest BCUT2D eigenvalue weighted by Crippen LogP contribution is 2.36. The highest BCUT2D eigenvalue weighted by Gasteiger charge is 2.33. The lowest BCUT2D eigenvalue weighted by molar-refractivity contribution is 0.0688. The van der Waals surface area contributed by atoms with Gasteiger partial charge in [0.05, 0.1) is 25.9 Å². The molecule has 1 atom stereocenters. The second-order valence-corrected chi connectivity index (χ2v) is 4.32. The van der Waals surface area contributed by atoms with Crippen LogP contribution in [-0.4, -0.2) is 47.5 Å². The summed E-state index contributed by atoms with van der Waals surface area (Å²) in [6, 6.07) is 0.161. The summed E-state index contributed by atoms with van der Waals surface area (Å²) in [5.41, 5.74) is 0.435. The van der Waals surface area contributed by atoms with Gasteiger partial charge in [0.25, 0.3) is 0 Å². The van der Waals surface area contributed by atoms with Crippen molar-refractivity contribution < 1.29 is 14.6 Å². The summed E-state index contributed by atoms with van der Waals surface area (Å²) in [6.07, 6.45) is 0. The average molecular weight is 258 g/mol. The van der Waals surface area contributed by atoms with Crippen molar-refractivity contribution in [2.45, 2.75) is 12.6 Å². The number of anilines is 1. The smallest absolute Gasteiger partial charge is 0.224 e. The molecule has 17 heavy (non-hydrogen) atoms. The van der Waals surface area contributed by atoms with Crippen LogP contribution in [0, 0.1) is 0 Å². The topological polar surface area (TPSA) is 67.7 Å². The molecule has 0 aliphatic carbocycles. The maximum atomic E-state index is 9.24. The molecule has 0 bridgehead atoms. The highest BCUT2D eigenvalue weighted by atomic mass is 35.5. The minimum atomic E-state index is -0.209. The minimum Gasteiger partial charge on any atom is -0.486 e. The summed E-state index contributed by atoms with van der Waals surface area (Å²) in [4.78, 5) is 10.3. The first-order valence-electron chi connectivity index (χ1n) is 5.44. The van der Waals surface area contributed by atoms with Crippen molar-refractivity contribution in [1.29, 1.82) is 0 Å². The van der Waals surface area contributed by atoms with Crippen LogP contribution in [-0.2, 0) is 11.3 Å². The van der Waals surface area contributed by atoms with Gasteiger partial charge >= 0.3 is 0 Å². The third kappa shape index (κ3) is 1.82. The van der Waals surface area contributed by atoms with Crippen molar-refractivity contribution in [3.05, 3.63) is 11.0 Å². The molecule has 0 aromatic carbocycles. The Bertz CT molecular complexity index is 443. The third-order valence-corrected chi connectivity index (χ3v) is 3.13. The zero-order valence-corrected chi connectivity index (χ0v) is 9.85. The first-order valence-corrected chi connectivity index (χ1v) is 5.82. The van der Waals surface area contributed by atoms with Gasteiger partial charge in [-0.2, -0.15) is 4.98 Å². The van der Waals surface area contributed by atoms with Crippen LogP contribution in [0.4, 0.5) is 5.82 Å². The van der Waals surface area contributed by atoms with Crippen LogP contribution < -0.4 is 9.64 Å². The number of nitrogens with zero attached hydrogens (tertiary/aromatic N) is 3. The molecule has 1 N–H and O–H groups in total. The molecule has 0 spiro atoms. The van der Waals surface area contributed by atoms with Gasteiger partial charge in [-0.1, -0.05) is 0 Å². The molecule has 1 aromatic rings. The largest absolute Gasteiger partial charge is 0.486 e. The molecule has 0 saturated carbocycles. The molecule has 1 saturated heterocycles. The number of aliphatic hydroxyl groups excluding tert-OH is 1. The van der Waals surface area contributed by atoms with Gasteiger partial charge in [0, 0.05) is 6.54 Å². The van der Waals surface area contributed by atoms with Gasteiger partial charge in [-0.25, -0.2) is 4.98 Å². The van der Waals surface area contributed by atoms with Gasteiger partial charge in [-0.15, -0.1) is 0 Å². The summed E-state index contributed by atoms with van der Waals surface area (Å²) in [7, 11) is 0. The van der Waals surface area contributed by atoms with E-state index in [0.717, 1.165) is 6.54 Å². The van der Waals surface area contributed by atoms with Crippen molar-refractivity contribution in [3.8, 4) is 5.75 Å². The van der Waals surface area contributed by atoms with Gasteiger partial charge < -0.3 is 19.5 Å². The van der Waals surface area contributed by atoms with Crippen LogP contribution in [0.5, 0.6) is 5.75 Å². The van der Waals surface area contributed by atoms with E-state index in [2.05, 4.69) is 14.9 Å². The molecule has 6 nitrogen and oxygen atoms in total. The zero-order valence-electron chi connectivity index (χ0n) is 9.10. The lowest BCUT2D eigenvalue weighted by atomic mass is 10.2. The van der Waals surface area contributed by atoms with E-state index in [0.29, 0.717) is 37.1 Å². The minimum absolute atomic E-state index is 0.128. The van der Waals surface area contributed by atoms with E-state index in [9.17, 15) is 5.11 Å². The van der Waals surface area contributed by atoms with Gasteiger partial charge in [-0.05, 0) is 11.6 Å². The van der Waals surface area contributed by atoms with Crippen LogP contribution in [0.2, 0.25) is 5.28 Å². The average Bonchev–Trinajstić information content (AvgIpc) is 2.37. The molecule has 0 radical (unpaired) electrons. The quantitative estimate of drug-likeness (QED) is 0.726. The van der Waals surface area contributed by atoms with Crippen molar-refractivity contribution in [2.24, 2.45) is 0 Å². The number of fused-ring (bicyclic) bond motifs is 3. The fraction of sp³-hybridized carbons (Fsp3) is 0.600. The van der Waals surface area contributed by atoms with E-state index in [1.54, 1.807) is 0 Å². The van der Waals surface area contributed by atoms with E-state index in [1.165, 1.54) is 0 Å². The number of hydrogen-bond donors (Lipinski definition) is 1. The fourth-order valence-electron chi connectivity index (χ4n) is 2.16. The standard InChI is InChI=1S/C10H12ClN3O3/c11-10-12-7(3-15)8-9(13-10)14-1-2-16-4-6(14)5-17-8/h6,15H,1-5H2/t6-/m1/s1. The predicted molar refractivity (Wildman–Crippen MR) is 60.4 cm³/mol. The van der Waals surface area contributed by atoms with Crippen LogP contribution in [0.25, 0.3) is 0 Å². The Morgan fingerprint density at radius 2 is 2.29 bits per heavy atom. The molecule has 1 aromatic heterocycles. The number of ether oxygens (including phenoxy) is 2. The highest BCUT2D eigenvalue weighted by molar-refractivity contribution is 6.28. The van der Waals surface area contributed by atoms with Gasteiger partial charge in [-0.3, -0.25) is 0 Å². The summed E-state index contributed by atoms with van der Waals surface area (Å²) in [6.45, 7) is 2.34. The van der Waals surface area contributed by atoms with Crippen LogP contribution in [0.15, 0.2) is 0 Å². The Kier molecular flexibility index (Phi) is 2.78. The Morgan fingerprint density at radius 1 is 1.41 bits per heavy atom. The number of halogens is 1. The van der Waals surface area contributed by atoms with E-state index in [4.69, 9.17) is 21.1 Å². The monoisotopic (exact) mass is 257 g/mol. The van der Waals surface area contributed by atoms with E-state index < -0.39 is 0 Å². The fourth-order valence-corrected chi connectivity index (χ4v) is 2.34. The van der Waals surface area contributed by atoms with Crippen LogP contribution in [0.1, 0.15) is 5.69 Å². The summed E-state index contributed by atoms with van der Waals surface area (Å²) in [5.74, 6) is 1.20. The Balaban J connectivity index is 2.06. The molecular weight excluding hydrogens is 246 g/mol. The molecule has 2 aliphatic heterocycles. The maximum absolute atomic E-state index is 9.24. The zero-order chi connectivity index (χ0) is 11.8. The molecule has 1 fully saturated rings. The van der Waals surface area contributed by atoms with E-state index in [1.807, 2.05) is 0 Å². The van der Waals surface area contributed by atoms with E-state index in [-0.39, 0.29) is 17.9 Å². The van der Waals surface area contributed by atoms with Crippen molar-refractivity contribution >= 4 is 17.4 Å². The Labute approximate surface area is 103 Å². The number of aromatic nitrogens is 2. The Hall–Kier alpha value is -1.11. The van der Waals surface area contributed by atoms with Gasteiger partial charge in [0.2, 0.25) is 5.28 Å². The van der Waals surface area contributed by atoms with Gasteiger partial charge in [0.15, 0.2) is 11.6 Å². The molecule has 3 rings (SSSR count). The van der Waals surface area contributed by atoms with Gasteiger partial charge in [0.1, 0.15) is 12.3 Å². The molecule has 2 aliphatic rings. The summed E-state index contributed by atoms with van der Waals surface area (Å²) in [5, 5.41) is 9.37. The Morgan fingerprint density at radius 3 is 3.12 bits per heavy atom. The molecule has 92 valence electrons. The normalized spacial score (nSPS) is 22.7. The van der Waals surface area contributed by atoms with Crippen molar-refractivity contribution in [3.63, 3.8) is 0 Å². The molecule has 7 heteroatoms. The summed E-state index contributed by atoms with van der Waals surface area (Å²) >= 11 is 5.84. The number of morpholine rings is 1. The SMILES string of the molecule is OCc1nc(Cl)nc2c1OC[C@H]1COCCN21. The molecule has 0 amide bonds. The number of hydrogen-bond acceptors (Lipinski definition) is 6. The van der Waals surface area contributed by atoms with E-state index >= 15 is 0 Å².